The molecule has 7 nitrogen and oxygen atoms in total. The van der Waals surface area contributed by atoms with Crippen molar-refractivity contribution in [3.05, 3.63) is 53.7 Å². The Morgan fingerprint density at radius 3 is 2.45 bits per heavy atom. The molecule has 2 heterocycles. The highest BCUT2D eigenvalue weighted by molar-refractivity contribution is 7.89. The Kier molecular flexibility index (Phi) is 7.80. The molecular formula is C25H35N3O4S. The van der Waals surface area contributed by atoms with E-state index in [1.54, 1.807) is 33.6 Å². The number of hydrogen-bond donors (Lipinski definition) is 0. The van der Waals surface area contributed by atoms with Crippen LogP contribution in [0.3, 0.4) is 0 Å². The molecule has 1 fully saturated rings. The molecule has 3 rings (SSSR count). The zero-order valence-corrected chi connectivity index (χ0v) is 21.1. The fourth-order valence-corrected chi connectivity index (χ4v) is 5.58. The van der Waals surface area contributed by atoms with Crippen LogP contribution in [0.4, 0.5) is 10.6 Å². The van der Waals surface area contributed by atoms with Gasteiger partial charge in [0.1, 0.15) is 11.4 Å². The summed E-state index contributed by atoms with van der Waals surface area (Å²) in [5, 5.41) is 0. The zero-order chi connectivity index (χ0) is 24.2. The minimum absolute atomic E-state index is 0.275. The first-order valence-electron chi connectivity index (χ1n) is 11.6. The van der Waals surface area contributed by atoms with Crippen molar-refractivity contribution in [2.75, 3.05) is 18.0 Å². The quantitative estimate of drug-likeness (QED) is 0.534. The number of nitrogens with zero attached hydrogens (tertiary/aromatic N) is 3. The van der Waals surface area contributed by atoms with E-state index in [2.05, 4.69) is 11.9 Å². The van der Waals surface area contributed by atoms with E-state index in [-0.39, 0.29) is 6.04 Å². The number of aryl methyl sites for hydroxylation is 1. The highest BCUT2D eigenvalue weighted by Crippen LogP contribution is 2.36. The van der Waals surface area contributed by atoms with Gasteiger partial charge in [0, 0.05) is 19.3 Å². The molecule has 180 valence electrons. The normalized spacial score (nSPS) is 17.2. The van der Waals surface area contributed by atoms with Crippen molar-refractivity contribution < 1.29 is 17.9 Å². The Morgan fingerprint density at radius 2 is 1.88 bits per heavy atom. The summed E-state index contributed by atoms with van der Waals surface area (Å²) in [6.45, 7) is 10.5. The van der Waals surface area contributed by atoms with Crippen molar-refractivity contribution >= 4 is 21.9 Å². The maximum absolute atomic E-state index is 13.3. The number of carbonyl (C=O) groups is 1. The average Bonchev–Trinajstić information content (AvgIpc) is 3.24. The van der Waals surface area contributed by atoms with Crippen molar-refractivity contribution in [2.45, 2.75) is 76.8 Å². The van der Waals surface area contributed by atoms with Crippen LogP contribution in [-0.2, 0) is 14.8 Å². The summed E-state index contributed by atoms with van der Waals surface area (Å²) in [7, 11) is -3.60. The van der Waals surface area contributed by atoms with Gasteiger partial charge in [-0.05, 0) is 70.7 Å². The van der Waals surface area contributed by atoms with Crippen LogP contribution < -0.4 is 4.90 Å². The molecule has 1 aliphatic rings. The molecule has 1 saturated heterocycles. The zero-order valence-electron chi connectivity index (χ0n) is 20.2. The summed E-state index contributed by atoms with van der Waals surface area (Å²) in [4.78, 5) is 19.1. The molecule has 0 saturated carbocycles. The summed E-state index contributed by atoms with van der Waals surface area (Å²) in [5.41, 5.74) is 1.24. The molecule has 33 heavy (non-hydrogen) atoms. The standard InChI is InChI=1S/C25H35N3O4S/c1-6-7-16-27(24(29)32-25(3,4)5)23-15-12-20(18-26-23)22-9-8-17-28(22)33(30,31)21-13-10-19(2)11-14-21/h10-15,18,22H,6-9,16-17H2,1-5H3/t22-/m1/s1. The highest BCUT2D eigenvalue weighted by Gasteiger charge is 2.36. The summed E-state index contributed by atoms with van der Waals surface area (Å²) < 4.78 is 33.7. The second-order valence-electron chi connectivity index (χ2n) is 9.52. The molecule has 1 aromatic heterocycles. The van der Waals surface area contributed by atoms with Crippen LogP contribution in [0, 0.1) is 6.92 Å². The number of ether oxygens (including phenoxy) is 1. The number of aromatic nitrogens is 1. The maximum Gasteiger partial charge on any atom is 0.416 e. The van der Waals surface area contributed by atoms with Crippen LogP contribution in [-0.4, -0.2) is 42.5 Å². The summed E-state index contributed by atoms with van der Waals surface area (Å²) >= 11 is 0. The van der Waals surface area contributed by atoms with Crippen LogP contribution in [0.1, 0.15) is 70.5 Å². The Labute approximate surface area is 197 Å². The number of rotatable bonds is 7. The van der Waals surface area contributed by atoms with Crippen molar-refractivity contribution in [3.8, 4) is 0 Å². The number of pyridine rings is 1. The molecule has 0 spiro atoms. The molecular weight excluding hydrogens is 438 g/mol. The topological polar surface area (TPSA) is 79.8 Å². The minimum atomic E-state index is -3.60. The number of sulfonamides is 1. The first-order valence-corrected chi connectivity index (χ1v) is 13.0. The van der Waals surface area contributed by atoms with Gasteiger partial charge in [-0.1, -0.05) is 37.1 Å². The molecule has 0 unspecified atom stereocenters. The fraction of sp³-hybridized carbons (Fsp3) is 0.520. The van der Waals surface area contributed by atoms with E-state index in [0.717, 1.165) is 36.8 Å². The number of amides is 1. The number of benzene rings is 1. The lowest BCUT2D eigenvalue weighted by Crippen LogP contribution is -2.38. The number of unbranched alkanes of at least 4 members (excludes halogenated alkanes) is 1. The minimum Gasteiger partial charge on any atom is -0.443 e. The molecule has 0 aliphatic carbocycles. The molecule has 1 atom stereocenters. The molecule has 1 aliphatic heterocycles. The summed E-state index contributed by atoms with van der Waals surface area (Å²) in [6.07, 6.45) is 4.54. The van der Waals surface area contributed by atoms with Gasteiger partial charge in [0.15, 0.2) is 0 Å². The Morgan fingerprint density at radius 1 is 1.18 bits per heavy atom. The van der Waals surface area contributed by atoms with E-state index >= 15 is 0 Å². The average molecular weight is 474 g/mol. The highest BCUT2D eigenvalue weighted by atomic mass is 32.2. The van der Waals surface area contributed by atoms with E-state index < -0.39 is 21.7 Å². The molecule has 2 aromatic rings. The van der Waals surface area contributed by atoms with E-state index in [1.807, 2.05) is 45.9 Å². The Hall–Kier alpha value is -2.45. The number of hydrogen-bond acceptors (Lipinski definition) is 5. The van der Waals surface area contributed by atoms with Gasteiger partial charge in [-0.15, -0.1) is 0 Å². The van der Waals surface area contributed by atoms with Gasteiger partial charge in [-0.2, -0.15) is 4.31 Å². The van der Waals surface area contributed by atoms with E-state index in [4.69, 9.17) is 4.74 Å². The van der Waals surface area contributed by atoms with Crippen molar-refractivity contribution in [3.63, 3.8) is 0 Å². The SMILES string of the molecule is CCCCN(C(=O)OC(C)(C)C)c1ccc([C@H]2CCCN2S(=O)(=O)c2ccc(C)cc2)cn1. The van der Waals surface area contributed by atoms with Crippen LogP contribution in [0.15, 0.2) is 47.5 Å². The Balaban J connectivity index is 1.83. The maximum atomic E-state index is 13.3. The number of anilines is 1. The van der Waals surface area contributed by atoms with Crippen LogP contribution in [0.5, 0.6) is 0 Å². The van der Waals surface area contributed by atoms with Gasteiger partial charge in [-0.3, -0.25) is 4.90 Å². The predicted molar refractivity (Wildman–Crippen MR) is 130 cm³/mol. The van der Waals surface area contributed by atoms with Crippen LogP contribution in [0.2, 0.25) is 0 Å². The second kappa shape index (κ2) is 10.2. The van der Waals surface area contributed by atoms with Crippen molar-refractivity contribution in [1.29, 1.82) is 0 Å². The Bertz CT molecular complexity index is 1040. The van der Waals surface area contributed by atoms with Crippen LogP contribution >= 0.6 is 0 Å². The van der Waals surface area contributed by atoms with Gasteiger partial charge in [0.2, 0.25) is 10.0 Å². The van der Waals surface area contributed by atoms with Crippen LogP contribution in [0.25, 0.3) is 0 Å². The number of carbonyl (C=O) groups excluding carboxylic acids is 1. The molecule has 8 heteroatoms. The molecule has 0 bridgehead atoms. The smallest absolute Gasteiger partial charge is 0.416 e. The summed E-state index contributed by atoms with van der Waals surface area (Å²) in [6, 6.07) is 10.3. The summed E-state index contributed by atoms with van der Waals surface area (Å²) in [5.74, 6) is 0.507. The van der Waals surface area contributed by atoms with Gasteiger partial charge in [-0.25, -0.2) is 18.2 Å². The fourth-order valence-electron chi connectivity index (χ4n) is 3.89. The van der Waals surface area contributed by atoms with Gasteiger partial charge in [0.25, 0.3) is 0 Å². The monoisotopic (exact) mass is 473 g/mol. The van der Waals surface area contributed by atoms with Gasteiger partial charge in [0.05, 0.1) is 10.9 Å². The van der Waals surface area contributed by atoms with E-state index in [0.29, 0.717) is 23.8 Å². The third-order valence-corrected chi connectivity index (χ3v) is 7.53. The molecule has 0 radical (unpaired) electrons. The first kappa shape index (κ1) is 25.2. The molecule has 1 aromatic carbocycles. The second-order valence-corrected chi connectivity index (χ2v) is 11.4. The molecule has 1 amide bonds. The van der Waals surface area contributed by atoms with E-state index in [9.17, 15) is 13.2 Å². The first-order chi connectivity index (χ1) is 15.5. The largest absolute Gasteiger partial charge is 0.443 e. The lowest BCUT2D eigenvalue weighted by Gasteiger charge is -2.27. The van der Waals surface area contributed by atoms with Gasteiger partial charge < -0.3 is 4.74 Å². The van der Waals surface area contributed by atoms with Gasteiger partial charge >= 0.3 is 6.09 Å². The van der Waals surface area contributed by atoms with Crippen molar-refractivity contribution in [2.24, 2.45) is 0 Å². The predicted octanol–water partition coefficient (Wildman–Crippen LogP) is 5.46. The lowest BCUT2D eigenvalue weighted by molar-refractivity contribution is 0.0578. The van der Waals surface area contributed by atoms with Crippen molar-refractivity contribution in [1.82, 2.24) is 9.29 Å². The van der Waals surface area contributed by atoms with E-state index in [1.165, 1.54) is 0 Å². The lowest BCUT2D eigenvalue weighted by atomic mass is 10.1. The third-order valence-electron chi connectivity index (χ3n) is 5.61. The molecule has 0 N–H and O–H groups in total. The third kappa shape index (κ3) is 6.12.